The fraction of sp³-hybridized carbons (Fsp3) is 0.667. The van der Waals surface area contributed by atoms with Crippen LogP contribution in [0.25, 0.3) is 0 Å². The third-order valence-corrected chi connectivity index (χ3v) is 5.49. The number of benzene rings is 1. The van der Waals surface area contributed by atoms with Gasteiger partial charge in [0.25, 0.3) is 0 Å². The van der Waals surface area contributed by atoms with Crippen LogP contribution in [0, 0.1) is 5.92 Å². The van der Waals surface area contributed by atoms with Gasteiger partial charge in [-0.3, -0.25) is 4.90 Å². The molecule has 1 N–H and O–H groups in total. The van der Waals surface area contributed by atoms with Gasteiger partial charge in [-0.2, -0.15) is 0 Å². The second-order valence-corrected chi connectivity index (χ2v) is 7.10. The van der Waals surface area contributed by atoms with Gasteiger partial charge in [0.1, 0.15) is 0 Å². The number of hydrogen-bond acceptors (Lipinski definition) is 3. The number of rotatable bonds is 5. The molecule has 2 fully saturated rings. The van der Waals surface area contributed by atoms with Crippen molar-refractivity contribution in [1.82, 2.24) is 10.2 Å². The second kappa shape index (κ2) is 5.71. The van der Waals surface area contributed by atoms with E-state index in [-0.39, 0.29) is 11.1 Å². The van der Waals surface area contributed by atoms with E-state index in [1.54, 1.807) is 7.11 Å². The number of ether oxygens (including phenoxy) is 1. The first-order valence-electron chi connectivity index (χ1n) is 8.13. The monoisotopic (exact) mass is 288 g/mol. The van der Waals surface area contributed by atoms with Crippen LogP contribution in [0.2, 0.25) is 0 Å². The number of piperazine rings is 1. The van der Waals surface area contributed by atoms with Gasteiger partial charge < -0.3 is 10.1 Å². The van der Waals surface area contributed by atoms with Crippen LogP contribution in [-0.2, 0) is 10.3 Å². The van der Waals surface area contributed by atoms with Crippen molar-refractivity contribution in [3.8, 4) is 0 Å². The highest BCUT2D eigenvalue weighted by Crippen LogP contribution is 2.44. The van der Waals surface area contributed by atoms with Gasteiger partial charge in [0.15, 0.2) is 0 Å². The fourth-order valence-electron chi connectivity index (χ4n) is 3.72. The van der Waals surface area contributed by atoms with Crippen molar-refractivity contribution in [2.45, 2.75) is 37.8 Å². The molecule has 0 radical (unpaired) electrons. The summed E-state index contributed by atoms with van der Waals surface area (Å²) in [6.45, 7) is 8.65. The summed E-state index contributed by atoms with van der Waals surface area (Å²) in [5.41, 5.74) is 1.71. The van der Waals surface area contributed by atoms with Crippen molar-refractivity contribution in [3.05, 3.63) is 35.9 Å². The summed E-state index contributed by atoms with van der Waals surface area (Å²) in [4.78, 5) is 2.63. The van der Waals surface area contributed by atoms with E-state index in [2.05, 4.69) is 54.4 Å². The van der Waals surface area contributed by atoms with Crippen molar-refractivity contribution in [1.29, 1.82) is 0 Å². The van der Waals surface area contributed by atoms with Crippen LogP contribution < -0.4 is 5.32 Å². The second-order valence-electron chi connectivity index (χ2n) is 7.10. The largest absolute Gasteiger partial charge is 0.383 e. The highest BCUT2D eigenvalue weighted by Gasteiger charge is 2.49. The molecule has 3 nitrogen and oxygen atoms in total. The molecule has 1 aromatic rings. The van der Waals surface area contributed by atoms with Crippen molar-refractivity contribution < 1.29 is 4.74 Å². The van der Waals surface area contributed by atoms with Gasteiger partial charge in [-0.15, -0.1) is 0 Å². The summed E-state index contributed by atoms with van der Waals surface area (Å²) < 4.78 is 5.36. The summed E-state index contributed by atoms with van der Waals surface area (Å²) in [5, 5.41) is 3.87. The van der Waals surface area contributed by atoms with Gasteiger partial charge in [-0.05, 0) is 38.2 Å². The highest BCUT2D eigenvalue weighted by atomic mass is 16.5. The first-order chi connectivity index (χ1) is 10.1. The van der Waals surface area contributed by atoms with E-state index in [9.17, 15) is 0 Å². The minimum Gasteiger partial charge on any atom is -0.383 e. The number of nitrogens with zero attached hydrogens (tertiary/aromatic N) is 1. The molecule has 1 heterocycles. The molecule has 3 heteroatoms. The Morgan fingerprint density at radius 2 is 1.95 bits per heavy atom. The van der Waals surface area contributed by atoms with E-state index >= 15 is 0 Å². The lowest BCUT2D eigenvalue weighted by Crippen LogP contribution is -2.67. The molecule has 1 saturated carbocycles. The molecule has 0 aromatic heterocycles. The number of hydrogen-bond donors (Lipinski definition) is 1. The summed E-state index contributed by atoms with van der Waals surface area (Å²) >= 11 is 0. The Labute approximate surface area is 128 Å². The summed E-state index contributed by atoms with van der Waals surface area (Å²) in [6, 6.07) is 10.9. The van der Waals surface area contributed by atoms with E-state index in [1.165, 1.54) is 18.4 Å². The van der Waals surface area contributed by atoms with Crippen molar-refractivity contribution in [2.75, 3.05) is 33.4 Å². The zero-order valence-electron chi connectivity index (χ0n) is 13.6. The van der Waals surface area contributed by atoms with Crippen LogP contribution in [0.1, 0.15) is 32.3 Å². The van der Waals surface area contributed by atoms with Crippen LogP contribution >= 0.6 is 0 Å². The quantitative estimate of drug-likeness (QED) is 0.901. The Hall–Kier alpha value is -0.900. The van der Waals surface area contributed by atoms with Gasteiger partial charge >= 0.3 is 0 Å². The Bertz CT molecular complexity index is 473. The molecule has 3 rings (SSSR count). The Morgan fingerprint density at radius 3 is 2.57 bits per heavy atom. The average Bonchev–Trinajstić information content (AvgIpc) is 3.35. The lowest BCUT2D eigenvalue weighted by atomic mass is 9.82. The summed E-state index contributed by atoms with van der Waals surface area (Å²) in [6.07, 6.45) is 2.76. The number of methoxy groups -OCH3 is 1. The summed E-state index contributed by atoms with van der Waals surface area (Å²) in [5.74, 6) is 0.850. The van der Waals surface area contributed by atoms with Gasteiger partial charge in [0.05, 0.1) is 12.1 Å². The maximum absolute atomic E-state index is 5.36. The molecule has 1 aliphatic heterocycles. The molecule has 116 valence electrons. The smallest absolute Gasteiger partial charge is 0.0590 e. The van der Waals surface area contributed by atoms with Crippen LogP contribution in [-0.4, -0.2) is 43.8 Å². The Morgan fingerprint density at radius 1 is 1.24 bits per heavy atom. The average molecular weight is 288 g/mol. The lowest BCUT2D eigenvalue weighted by molar-refractivity contribution is -0.00539. The van der Waals surface area contributed by atoms with E-state index in [4.69, 9.17) is 4.74 Å². The normalized spacial score (nSPS) is 34.0. The van der Waals surface area contributed by atoms with Crippen molar-refractivity contribution in [3.63, 3.8) is 0 Å². The van der Waals surface area contributed by atoms with Crippen LogP contribution in [0.4, 0.5) is 0 Å². The van der Waals surface area contributed by atoms with Crippen LogP contribution in [0.5, 0.6) is 0 Å². The van der Waals surface area contributed by atoms with E-state index in [0.717, 1.165) is 32.2 Å². The Kier molecular flexibility index (Phi) is 4.08. The molecule has 1 saturated heterocycles. The van der Waals surface area contributed by atoms with E-state index in [1.807, 2.05) is 0 Å². The molecule has 2 atom stereocenters. The molecule has 21 heavy (non-hydrogen) atoms. The standard InChI is InChI=1S/C18H28N2O/c1-17(15-9-10-15)14-20(11-12-21-3)18(2,13-19-17)16-7-5-4-6-8-16/h4-8,15,19H,9-14H2,1-3H3. The zero-order valence-corrected chi connectivity index (χ0v) is 13.6. The molecule has 2 aliphatic rings. The first-order valence-corrected chi connectivity index (χ1v) is 8.13. The molecular weight excluding hydrogens is 260 g/mol. The van der Waals surface area contributed by atoms with Gasteiger partial charge in [-0.25, -0.2) is 0 Å². The molecule has 0 amide bonds. The predicted octanol–water partition coefficient (Wildman–Crippen LogP) is 2.62. The Balaban J connectivity index is 1.85. The third kappa shape index (κ3) is 2.87. The van der Waals surface area contributed by atoms with E-state index in [0.29, 0.717) is 0 Å². The van der Waals surface area contributed by atoms with Crippen molar-refractivity contribution >= 4 is 0 Å². The molecular formula is C18H28N2O. The van der Waals surface area contributed by atoms with Crippen LogP contribution in [0.3, 0.4) is 0 Å². The van der Waals surface area contributed by atoms with Crippen LogP contribution in [0.15, 0.2) is 30.3 Å². The lowest BCUT2D eigenvalue weighted by Gasteiger charge is -2.53. The minimum absolute atomic E-state index is 0.0498. The molecule has 1 aromatic carbocycles. The SMILES string of the molecule is COCCN1CC(C)(C2CC2)NCC1(C)c1ccccc1. The summed E-state index contributed by atoms with van der Waals surface area (Å²) in [7, 11) is 1.79. The molecule has 0 bridgehead atoms. The van der Waals surface area contributed by atoms with E-state index < -0.39 is 0 Å². The highest BCUT2D eigenvalue weighted by molar-refractivity contribution is 5.26. The van der Waals surface area contributed by atoms with Gasteiger partial charge in [-0.1, -0.05) is 30.3 Å². The topological polar surface area (TPSA) is 24.5 Å². The number of nitrogens with one attached hydrogen (secondary N) is 1. The van der Waals surface area contributed by atoms with Gasteiger partial charge in [0.2, 0.25) is 0 Å². The zero-order chi connectivity index (χ0) is 14.9. The maximum Gasteiger partial charge on any atom is 0.0590 e. The first kappa shape index (κ1) is 15.0. The fourth-order valence-corrected chi connectivity index (χ4v) is 3.72. The maximum atomic E-state index is 5.36. The predicted molar refractivity (Wildman–Crippen MR) is 86.4 cm³/mol. The molecule has 0 spiro atoms. The van der Waals surface area contributed by atoms with Crippen molar-refractivity contribution in [2.24, 2.45) is 5.92 Å². The molecule has 1 aliphatic carbocycles. The third-order valence-electron chi connectivity index (χ3n) is 5.49. The molecule has 2 unspecified atom stereocenters. The van der Waals surface area contributed by atoms with Gasteiger partial charge in [0, 0.05) is 32.3 Å². The minimum atomic E-state index is 0.0498.